The van der Waals surface area contributed by atoms with E-state index in [1.165, 1.54) is 17.7 Å². The van der Waals surface area contributed by atoms with Crippen molar-refractivity contribution in [3.8, 4) is 0 Å². The molecule has 2 aromatic carbocycles. The molecule has 0 aliphatic carbocycles. The summed E-state index contributed by atoms with van der Waals surface area (Å²) in [5.74, 6) is -0.620. The minimum absolute atomic E-state index is 0.486. The van der Waals surface area contributed by atoms with Gasteiger partial charge in [-0.15, -0.1) is 0 Å². The number of nitrogens with zero attached hydrogens (tertiary/aromatic N) is 2. The molecule has 2 aromatic rings. The molecule has 4 nitrogen and oxygen atoms in total. The van der Waals surface area contributed by atoms with Crippen LogP contribution in [-0.2, 0) is 16.9 Å². The van der Waals surface area contributed by atoms with Gasteiger partial charge in [-0.3, -0.25) is 0 Å². The molecule has 7 heteroatoms. The molecule has 2 heterocycles. The average molecular weight is 446 g/mol. The number of fused-ring (bicyclic) bond motifs is 1. The van der Waals surface area contributed by atoms with Gasteiger partial charge in [-0.05, 0) is 55.0 Å². The van der Waals surface area contributed by atoms with Crippen LogP contribution in [0.15, 0.2) is 47.5 Å². The highest BCUT2D eigenvalue weighted by atomic mass is 32.2. The van der Waals surface area contributed by atoms with E-state index in [9.17, 15) is 8.78 Å². The number of amidine groups is 1. The minimum Gasteiger partial charge on any atom is -0.381 e. The van der Waals surface area contributed by atoms with E-state index in [0.29, 0.717) is 25.7 Å². The molecule has 2 aliphatic rings. The molecule has 31 heavy (non-hydrogen) atoms. The van der Waals surface area contributed by atoms with Crippen molar-refractivity contribution in [2.45, 2.75) is 37.5 Å². The van der Waals surface area contributed by atoms with Gasteiger partial charge in [-0.2, -0.15) is 0 Å². The quantitative estimate of drug-likeness (QED) is 0.587. The maximum absolute atomic E-state index is 13.2. The molecule has 0 atom stereocenters. The summed E-state index contributed by atoms with van der Waals surface area (Å²) < 4.78 is 31.8. The summed E-state index contributed by atoms with van der Waals surface area (Å²) >= 11 is 1.79. The number of thioether (sulfide) groups is 1. The van der Waals surface area contributed by atoms with Gasteiger partial charge in [0.05, 0.1) is 12.3 Å². The number of rotatable bonds is 8. The van der Waals surface area contributed by atoms with Crippen molar-refractivity contribution in [2.75, 3.05) is 32.8 Å². The molecule has 0 unspecified atom stereocenters. The molecule has 0 saturated carbocycles. The summed E-state index contributed by atoms with van der Waals surface area (Å²) in [4.78, 5) is 7.25. The number of nitrogens with one attached hydrogen (secondary N) is 1. The zero-order chi connectivity index (χ0) is 21.5. The van der Waals surface area contributed by atoms with Crippen LogP contribution in [0.1, 0.15) is 30.4 Å². The SMILES string of the molecule is Fc1ccc(CCOCCCN2CCC(NC3=Nc4ccccc4CS3)CC2)cc1F. The van der Waals surface area contributed by atoms with Crippen molar-refractivity contribution < 1.29 is 13.5 Å². The number of hydrogen-bond donors (Lipinski definition) is 1. The van der Waals surface area contributed by atoms with Gasteiger partial charge in [-0.25, -0.2) is 13.8 Å². The second-order valence-electron chi connectivity index (χ2n) is 8.06. The number of piperidine rings is 1. The number of halogens is 2. The van der Waals surface area contributed by atoms with E-state index in [0.717, 1.165) is 61.1 Å². The maximum atomic E-state index is 13.2. The average Bonchev–Trinajstić information content (AvgIpc) is 2.79. The molecule has 1 N–H and O–H groups in total. The lowest BCUT2D eigenvalue weighted by Gasteiger charge is -2.33. The topological polar surface area (TPSA) is 36.9 Å². The molecular weight excluding hydrogens is 416 g/mol. The number of para-hydroxylation sites is 1. The monoisotopic (exact) mass is 445 g/mol. The Labute approximate surface area is 187 Å². The normalized spacial score (nSPS) is 17.3. The van der Waals surface area contributed by atoms with Crippen LogP contribution in [-0.4, -0.2) is 49.0 Å². The predicted molar refractivity (Wildman–Crippen MR) is 123 cm³/mol. The van der Waals surface area contributed by atoms with Crippen molar-refractivity contribution in [3.63, 3.8) is 0 Å². The van der Waals surface area contributed by atoms with Crippen LogP contribution >= 0.6 is 11.8 Å². The standard InChI is InChI=1S/C24H29F2N3OS/c25-21-7-6-18(16-22(21)26)10-15-30-14-3-11-29-12-8-20(9-13-29)27-24-28-23-5-2-1-4-19(23)17-31-24/h1-2,4-7,16,20H,3,8-15,17H2,(H,27,28). The summed E-state index contributed by atoms with van der Waals surface area (Å²) in [5, 5.41) is 4.69. The highest BCUT2D eigenvalue weighted by molar-refractivity contribution is 8.13. The Hall–Kier alpha value is -1.96. The third-order valence-corrected chi connectivity index (χ3v) is 6.71. The first-order chi connectivity index (χ1) is 15.2. The molecule has 1 fully saturated rings. The predicted octanol–water partition coefficient (Wildman–Crippen LogP) is 4.90. The van der Waals surface area contributed by atoms with E-state index in [-0.39, 0.29) is 0 Å². The van der Waals surface area contributed by atoms with Gasteiger partial charge >= 0.3 is 0 Å². The van der Waals surface area contributed by atoms with Gasteiger partial charge in [0.1, 0.15) is 0 Å². The summed E-state index contributed by atoms with van der Waals surface area (Å²) in [6.45, 7) is 4.41. The minimum atomic E-state index is -0.806. The Kier molecular flexibility index (Phi) is 7.94. The van der Waals surface area contributed by atoms with E-state index in [4.69, 9.17) is 9.73 Å². The van der Waals surface area contributed by atoms with E-state index in [1.54, 1.807) is 17.8 Å². The van der Waals surface area contributed by atoms with Gasteiger partial charge in [0.25, 0.3) is 0 Å². The van der Waals surface area contributed by atoms with Crippen LogP contribution in [0, 0.1) is 11.6 Å². The Balaban J connectivity index is 1.08. The fourth-order valence-corrected chi connectivity index (χ4v) is 4.91. The second-order valence-corrected chi connectivity index (χ2v) is 9.02. The third-order valence-electron chi connectivity index (χ3n) is 5.78. The molecule has 2 aliphatic heterocycles. The summed E-state index contributed by atoms with van der Waals surface area (Å²) in [5.41, 5.74) is 3.16. The molecule has 0 radical (unpaired) electrons. The Morgan fingerprint density at radius 2 is 1.90 bits per heavy atom. The maximum Gasteiger partial charge on any atom is 0.162 e. The van der Waals surface area contributed by atoms with Crippen LogP contribution < -0.4 is 5.32 Å². The summed E-state index contributed by atoms with van der Waals surface area (Å²) in [6.07, 6.45) is 3.83. The van der Waals surface area contributed by atoms with Crippen molar-refractivity contribution in [2.24, 2.45) is 4.99 Å². The third kappa shape index (κ3) is 6.51. The second kappa shape index (κ2) is 11.1. The summed E-state index contributed by atoms with van der Waals surface area (Å²) in [6, 6.07) is 12.8. The first-order valence-electron chi connectivity index (χ1n) is 11.0. The largest absolute Gasteiger partial charge is 0.381 e. The van der Waals surface area contributed by atoms with Crippen LogP contribution in [0.4, 0.5) is 14.5 Å². The fraction of sp³-hybridized carbons (Fsp3) is 0.458. The van der Waals surface area contributed by atoms with Crippen LogP contribution in [0.2, 0.25) is 0 Å². The van der Waals surface area contributed by atoms with Crippen molar-refractivity contribution in [1.29, 1.82) is 0 Å². The van der Waals surface area contributed by atoms with Crippen LogP contribution in [0.5, 0.6) is 0 Å². The van der Waals surface area contributed by atoms with E-state index in [1.807, 2.05) is 6.07 Å². The highest BCUT2D eigenvalue weighted by Crippen LogP contribution is 2.30. The number of aliphatic imine (C=N–C) groups is 1. The smallest absolute Gasteiger partial charge is 0.162 e. The van der Waals surface area contributed by atoms with Gasteiger partial charge in [0.2, 0.25) is 0 Å². The van der Waals surface area contributed by atoms with E-state index >= 15 is 0 Å². The zero-order valence-corrected chi connectivity index (χ0v) is 18.5. The Morgan fingerprint density at radius 1 is 1.06 bits per heavy atom. The molecule has 166 valence electrons. The van der Waals surface area contributed by atoms with Crippen molar-refractivity contribution in [3.05, 3.63) is 65.2 Å². The van der Waals surface area contributed by atoms with Gasteiger partial charge in [0, 0.05) is 38.0 Å². The van der Waals surface area contributed by atoms with E-state index < -0.39 is 11.6 Å². The Bertz CT molecular complexity index is 900. The first-order valence-corrected chi connectivity index (χ1v) is 12.0. The molecule has 1 saturated heterocycles. The van der Waals surface area contributed by atoms with E-state index in [2.05, 4.69) is 28.4 Å². The van der Waals surface area contributed by atoms with Gasteiger partial charge < -0.3 is 15.0 Å². The zero-order valence-electron chi connectivity index (χ0n) is 17.7. The van der Waals surface area contributed by atoms with Gasteiger partial charge in [0.15, 0.2) is 16.8 Å². The lowest BCUT2D eigenvalue weighted by molar-refractivity contribution is 0.117. The van der Waals surface area contributed by atoms with Crippen LogP contribution in [0.3, 0.4) is 0 Å². The van der Waals surface area contributed by atoms with Crippen LogP contribution in [0.25, 0.3) is 0 Å². The van der Waals surface area contributed by atoms with Gasteiger partial charge in [-0.1, -0.05) is 36.0 Å². The number of ether oxygens (including phenoxy) is 1. The Morgan fingerprint density at radius 3 is 2.74 bits per heavy atom. The molecule has 0 spiro atoms. The number of likely N-dealkylation sites (tertiary alicyclic amines) is 1. The fourth-order valence-electron chi connectivity index (χ4n) is 3.96. The van der Waals surface area contributed by atoms with Crippen molar-refractivity contribution >= 4 is 22.6 Å². The summed E-state index contributed by atoms with van der Waals surface area (Å²) in [7, 11) is 0. The number of benzene rings is 2. The molecular formula is C24H29F2N3OS. The highest BCUT2D eigenvalue weighted by Gasteiger charge is 2.21. The molecule has 4 rings (SSSR count). The molecule has 0 amide bonds. The number of hydrogen-bond acceptors (Lipinski definition) is 5. The van der Waals surface area contributed by atoms with Crippen molar-refractivity contribution in [1.82, 2.24) is 10.2 Å². The molecule has 0 aromatic heterocycles. The lowest BCUT2D eigenvalue weighted by Crippen LogP contribution is -2.44. The first kappa shape index (κ1) is 22.2. The molecule has 0 bridgehead atoms. The lowest BCUT2D eigenvalue weighted by atomic mass is 10.1.